The Hall–Kier alpha value is -2.87. The van der Waals surface area contributed by atoms with Gasteiger partial charge in [0.25, 0.3) is 0 Å². The first-order chi connectivity index (χ1) is 14.2. The topological polar surface area (TPSA) is 81.4 Å². The molecule has 152 valence electrons. The number of phenolic OH excluding ortho intramolecular Hbond substituents is 1. The highest BCUT2D eigenvalue weighted by atomic mass is 32.2. The van der Waals surface area contributed by atoms with E-state index < -0.39 is 0 Å². The third kappa shape index (κ3) is 3.60. The Kier molecular flexibility index (Phi) is 5.53. The molecule has 1 aliphatic heterocycles. The average Bonchev–Trinajstić information content (AvgIpc) is 3.30. The molecule has 4 rings (SSSR count). The molecule has 2 aromatic carbocycles. The summed E-state index contributed by atoms with van der Waals surface area (Å²) in [6.07, 6.45) is 0.862. The molecule has 0 aliphatic carbocycles. The molecule has 0 saturated heterocycles. The minimum Gasteiger partial charge on any atom is -0.507 e. The predicted octanol–water partition coefficient (Wildman–Crippen LogP) is 4.36. The lowest BCUT2D eigenvalue weighted by atomic mass is 10.1. The molecule has 0 amide bonds. The van der Waals surface area contributed by atoms with Gasteiger partial charge in [-0.05, 0) is 44.0 Å². The van der Waals surface area contributed by atoms with Gasteiger partial charge in [-0.2, -0.15) is 0 Å². The number of hydrogen-bond acceptors (Lipinski definition) is 7. The third-order valence-electron chi connectivity index (χ3n) is 4.70. The van der Waals surface area contributed by atoms with E-state index in [1.54, 1.807) is 23.9 Å². The van der Waals surface area contributed by atoms with Gasteiger partial charge in [0, 0.05) is 11.6 Å². The van der Waals surface area contributed by atoms with Crippen molar-refractivity contribution >= 4 is 11.8 Å². The van der Waals surface area contributed by atoms with Crippen molar-refractivity contribution in [3.63, 3.8) is 0 Å². The number of rotatable bonds is 7. The normalized spacial score (nSPS) is 15.1. The first-order valence-corrected chi connectivity index (χ1v) is 10.6. The van der Waals surface area contributed by atoms with Crippen molar-refractivity contribution < 1.29 is 14.6 Å². The molecule has 2 heterocycles. The van der Waals surface area contributed by atoms with Crippen molar-refractivity contribution in [2.75, 3.05) is 18.6 Å². The van der Waals surface area contributed by atoms with Crippen LogP contribution in [0.15, 0.2) is 41.6 Å². The Balaban J connectivity index is 1.70. The highest BCUT2D eigenvalue weighted by Gasteiger charge is 2.31. The quantitative estimate of drug-likeness (QED) is 0.597. The summed E-state index contributed by atoms with van der Waals surface area (Å²) in [7, 11) is 0. The number of aromatic nitrogens is 3. The largest absolute Gasteiger partial charge is 0.507 e. The molecule has 0 saturated carbocycles. The zero-order valence-electron chi connectivity index (χ0n) is 16.7. The first-order valence-electron chi connectivity index (χ1n) is 9.75. The number of fused-ring (bicyclic) bond motifs is 1. The molecule has 8 heteroatoms. The fraction of sp³-hybridized carbons (Fsp3) is 0.333. The van der Waals surface area contributed by atoms with Crippen LogP contribution in [0, 0.1) is 0 Å². The van der Waals surface area contributed by atoms with E-state index in [-0.39, 0.29) is 11.1 Å². The fourth-order valence-electron chi connectivity index (χ4n) is 3.36. The lowest BCUT2D eigenvalue weighted by molar-refractivity contribution is 0.318. The highest BCUT2D eigenvalue weighted by Crippen LogP contribution is 2.45. The molecule has 29 heavy (non-hydrogen) atoms. The Morgan fingerprint density at radius 3 is 2.55 bits per heavy atom. The van der Waals surface area contributed by atoms with Crippen LogP contribution in [-0.4, -0.2) is 33.2 Å². The van der Waals surface area contributed by atoms with Crippen LogP contribution in [0.5, 0.6) is 17.2 Å². The van der Waals surface area contributed by atoms with E-state index in [4.69, 9.17) is 9.47 Å². The van der Waals surface area contributed by atoms with Gasteiger partial charge < -0.3 is 20.0 Å². The van der Waals surface area contributed by atoms with Crippen molar-refractivity contribution in [3.05, 3.63) is 47.5 Å². The van der Waals surface area contributed by atoms with Crippen LogP contribution < -0.4 is 14.9 Å². The SMILES string of the molecule is CCOc1cc(OCC)c(C2Nn3c(nnc3-c3ccccc3O)S2)cc1CC. The number of nitrogens with zero attached hydrogens (tertiary/aromatic N) is 3. The zero-order chi connectivity index (χ0) is 20.4. The van der Waals surface area contributed by atoms with Gasteiger partial charge in [-0.25, -0.2) is 4.68 Å². The number of hydrogen-bond donors (Lipinski definition) is 2. The molecular formula is C21H24N4O3S. The second-order valence-corrected chi connectivity index (χ2v) is 7.58. The van der Waals surface area contributed by atoms with Gasteiger partial charge in [0.05, 0.1) is 18.8 Å². The molecule has 0 bridgehead atoms. The smallest absolute Gasteiger partial charge is 0.212 e. The van der Waals surface area contributed by atoms with Crippen LogP contribution in [0.4, 0.5) is 0 Å². The lowest BCUT2D eigenvalue weighted by Crippen LogP contribution is -2.15. The van der Waals surface area contributed by atoms with Gasteiger partial charge in [0.2, 0.25) is 5.16 Å². The maximum absolute atomic E-state index is 10.2. The number of thioether (sulfide) groups is 1. The molecular weight excluding hydrogens is 388 g/mol. The van der Waals surface area contributed by atoms with Gasteiger partial charge in [0.15, 0.2) is 5.82 Å². The van der Waals surface area contributed by atoms with Crippen molar-refractivity contribution in [3.8, 4) is 28.6 Å². The second-order valence-electron chi connectivity index (χ2n) is 6.50. The standard InChI is InChI=1S/C21H24N4O3S/c1-4-13-11-15(18(28-6-3)12-17(13)27-5-2)20-24-25-19(22-23-21(25)29-20)14-9-7-8-10-16(14)26/h7-12,20,24,26H,4-6H2,1-3H3. The van der Waals surface area contributed by atoms with Gasteiger partial charge in [-0.3, -0.25) is 0 Å². The van der Waals surface area contributed by atoms with Crippen LogP contribution in [0.25, 0.3) is 11.4 Å². The van der Waals surface area contributed by atoms with Gasteiger partial charge >= 0.3 is 0 Å². The molecule has 0 radical (unpaired) electrons. The maximum Gasteiger partial charge on any atom is 0.212 e. The van der Waals surface area contributed by atoms with E-state index >= 15 is 0 Å². The number of para-hydroxylation sites is 1. The van der Waals surface area contributed by atoms with Gasteiger partial charge in [0.1, 0.15) is 22.6 Å². The molecule has 1 unspecified atom stereocenters. The van der Waals surface area contributed by atoms with E-state index in [2.05, 4.69) is 28.6 Å². The molecule has 1 aromatic heterocycles. The van der Waals surface area contributed by atoms with Crippen LogP contribution in [0.2, 0.25) is 0 Å². The van der Waals surface area contributed by atoms with E-state index in [1.807, 2.05) is 36.7 Å². The molecule has 3 aromatic rings. The molecule has 0 spiro atoms. The molecule has 1 aliphatic rings. The summed E-state index contributed by atoms with van der Waals surface area (Å²) in [6, 6.07) is 11.2. The minimum absolute atomic E-state index is 0.0902. The van der Waals surface area contributed by atoms with Crippen LogP contribution >= 0.6 is 11.8 Å². The third-order valence-corrected chi connectivity index (χ3v) is 5.77. The molecule has 0 fully saturated rings. The zero-order valence-corrected chi connectivity index (χ0v) is 17.5. The van der Waals surface area contributed by atoms with Crippen molar-refractivity contribution in [2.24, 2.45) is 0 Å². The summed E-state index contributed by atoms with van der Waals surface area (Å²) in [6.45, 7) is 7.24. The number of aryl methyl sites for hydroxylation is 1. The minimum atomic E-state index is -0.0902. The summed E-state index contributed by atoms with van der Waals surface area (Å²) in [5.41, 5.74) is 6.25. The van der Waals surface area contributed by atoms with Crippen molar-refractivity contribution in [1.29, 1.82) is 0 Å². The monoisotopic (exact) mass is 412 g/mol. The predicted molar refractivity (Wildman–Crippen MR) is 113 cm³/mol. The van der Waals surface area contributed by atoms with Crippen molar-refractivity contribution in [2.45, 2.75) is 37.7 Å². The van der Waals surface area contributed by atoms with Crippen LogP contribution in [-0.2, 0) is 6.42 Å². The Bertz CT molecular complexity index is 1020. The number of nitrogens with one attached hydrogen (secondary N) is 1. The summed E-state index contributed by atoms with van der Waals surface area (Å²) in [5, 5.41) is 19.4. The fourth-order valence-corrected chi connectivity index (χ4v) is 4.37. The van der Waals surface area contributed by atoms with Crippen LogP contribution in [0.3, 0.4) is 0 Å². The maximum atomic E-state index is 10.2. The number of benzene rings is 2. The Morgan fingerprint density at radius 2 is 1.83 bits per heavy atom. The highest BCUT2D eigenvalue weighted by molar-refractivity contribution is 7.99. The number of phenols is 1. The summed E-state index contributed by atoms with van der Waals surface area (Å²) in [4.78, 5) is 0. The van der Waals surface area contributed by atoms with E-state index in [9.17, 15) is 5.11 Å². The lowest BCUT2D eigenvalue weighted by Gasteiger charge is -2.20. The van der Waals surface area contributed by atoms with E-state index in [0.717, 1.165) is 34.2 Å². The summed E-state index contributed by atoms with van der Waals surface area (Å²) >= 11 is 1.56. The van der Waals surface area contributed by atoms with Crippen molar-refractivity contribution in [1.82, 2.24) is 14.9 Å². The number of aromatic hydroxyl groups is 1. The van der Waals surface area contributed by atoms with Gasteiger partial charge in [-0.1, -0.05) is 30.8 Å². The molecule has 1 atom stereocenters. The molecule has 7 nitrogen and oxygen atoms in total. The Labute approximate surface area is 174 Å². The summed E-state index contributed by atoms with van der Waals surface area (Å²) in [5.74, 6) is 2.40. The van der Waals surface area contributed by atoms with E-state index in [0.29, 0.717) is 24.6 Å². The summed E-state index contributed by atoms with van der Waals surface area (Å²) < 4.78 is 13.6. The second kappa shape index (κ2) is 8.24. The van der Waals surface area contributed by atoms with E-state index in [1.165, 1.54) is 0 Å². The van der Waals surface area contributed by atoms with Crippen LogP contribution in [0.1, 0.15) is 37.3 Å². The first kappa shape index (κ1) is 19.4. The average molecular weight is 413 g/mol. The van der Waals surface area contributed by atoms with Gasteiger partial charge in [-0.15, -0.1) is 10.2 Å². The Morgan fingerprint density at radius 1 is 1.07 bits per heavy atom. The number of ether oxygens (including phenoxy) is 2. The molecule has 2 N–H and O–H groups in total.